The second-order valence-electron chi connectivity index (χ2n) is 8.93. The lowest BCUT2D eigenvalue weighted by atomic mass is 9.99. The first-order valence-electron chi connectivity index (χ1n) is 10.9. The van der Waals surface area contributed by atoms with Crippen LogP contribution in [-0.2, 0) is 24.3 Å². The molecule has 3 aliphatic rings. The fourth-order valence-electron chi connectivity index (χ4n) is 4.78. The molecule has 3 heteroatoms. The molecule has 1 atom stereocenters. The molecular weight excluding hydrogens is 344 g/mol. The van der Waals surface area contributed by atoms with E-state index in [1.54, 1.807) is 0 Å². The lowest BCUT2D eigenvalue weighted by Gasteiger charge is -2.20. The fraction of sp³-hybridized carbons (Fsp3) is 0.480. The summed E-state index contributed by atoms with van der Waals surface area (Å²) in [6.45, 7) is 6.35. The summed E-state index contributed by atoms with van der Waals surface area (Å²) < 4.78 is 0. The second kappa shape index (κ2) is 7.36. The van der Waals surface area contributed by atoms with E-state index in [-0.39, 0.29) is 0 Å². The highest BCUT2D eigenvalue weighted by Gasteiger charge is 2.35. The van der Waals surface area contributed by atoms with Gasteiger partial charge >= 0.3 is 0 Å². The van der Waals surface area contributed by atoms with Crippen molar-refractivity contribution in [2.75, 3.05) is 13.1 Å². The molecule has 0 N–H and O–H groups in total. The average molecular weight is 375 g/mol. The maximum absolute atomic E-state index is 12.4. The normalized spacial score (nSPS) is 21.9. The standard InChI is InChI=1S/C25H30N2O/c1-18-3-2-13-26(18)14-12-19-4-6-20(7-5-19)22-10-11-23-16-27(17-24(23)15-22)25(28)21-8-9-21/h4-7,10-11,15,18,21H,2-3,8-9,12-14,16-17H2,1H3. The molecule has 2 aliphatic heterocycles. The van der Waals surface area contributed by atoms with Gasteiger partial charge in [0.25, 0.3) is 0 Å². The first-order chi connectivity index (χ1) is 13.7. The average Bonchev–Trinajstić information content (AvgIpc) is 3.35. The largest absolute Gasteiger partial charge is 0.334 e. The highest BCUT2D eigenvalue weighted by molar-refractivity contribution is 5.82. The maximum atomic E-state index is 12.4. The summed E-state index contributed by atoms with van der Waals surface area (Å²) in [6, 6.07) is 16.5. The van der Waals surface area contributed by atoms with Crippen LogP contribution < -0.4 is 0 Å². The van der Waals surface area contributed by atoms with E-state index in [2.05, 4.69) is 54.3 Å². The summed E-state index contributed by atoms with van der Waals surface area (Å²) >= 11 is 0. The van der Waals surface area contributed by atoms with Crippen LogP contribution in [0.5, 0.6) is 0 Å². The third kappa shape index (κ3) is 3.60. The fourth-order valence-corrected chi connectivity index (χ4v) is 4.78. The van der Waals surface area contributed by atoms with E-state index in [1.807, 2.05) is 4.90 Å². The molecular formula is C25H30N2O. The van der Waals surface area contributed by atoms with Gasteiger partial charge in [-0.15, -0.1) is 0 Å². The highest BCUT2D eigenvalue weighted by Crippen LogP contribution is 2.35. The summed E-state index contributed by atoms with van der Waals surface area (Å²) in [5.74, 6) is 0.666. The highest BCUT2D eigenvalue weighted by atomic mass is 16.2. The molecule has 2 heterocycles. The molecule has 0 bridgehead atoms. The molecule has 1 amide bonds. The minimum absolute atomic E-state index is 0.310. The SMILES string of the molecule is CC1CCCN1CCc1ccc(-c2ccc3c(c2)CN(C(=O)C2CC2)C3)cc1. The number of carbonyl (C=O) groups is 1. The Hall–Kier alpha value is -2.13. The van der Waals surface area contributed by atoms with Crippen LogP contribution in [0.3, 0.4) is 0 Å². The van der Waals surface area contributed by atoms with Crippen LogP contribution in [0.2, 0.25) is 0 Å². The Morgan fingerprint density at radius 2 is 1.71 bits per heavy atom. The Bertz CT molecular complexity index is 869. The molecule has 1 saturated heterocycles. The molecule has 1 aliphatic carbocycles. The summed E-state index contributed by atoms with van der Waals surface area (Å²) in [7, 11) is 0. The molecule has 5 rings (SSSR count). The van der Waals surface area contributed by atoms with Gasteiger partial charge in [0.15, 0.2) is 0 Å². The van der Waals surface area contributed by atoms with Gasteiger partial charge in [-0.1, -0.05) is 36.4 Å². The lowest BCUT2D eigenvalue weighted by Crippen LogP contribution is -2.28. The van der Waals surface area contributed by atoms with Crippen molar-refractivity contribution in [1.29, 1.82) is 0 Å². The van der Waals surface area contributed by atoms with Gasteiger partial charge in [-0.25, -0.2) is 0 Å². The summed E-state index contributed by atoms with van der Waals surface area (Å²) in [5.41, 5.74) is 6.59. The van der Waals surface area contributed by atoms with Crippen molar-refractivity contribution in [1.82, 2.24) is 9.80 Å². The Labute approximate surface area is 168 Å². The van der Waals surface area contributed by atoms with Crippen molar-refractivity contribution in [2.24, 2.45) is 5.92 Å². The van der Waals surface area contributed by atoms with Gasteiger partial charge in [0.2, 0.25) is 5.91 Å². The zero-order chi connectivity index (χ0) is 19.1. The first kappa shape index (κ1) is 17.9. The second-order valence-corrected chi connectivity index (χ2v) is 8.93. The predicted octanol–water partition coefficient (Wildman–Crippen LogP) is 4.63. The minimum atomic E-state index is 0.310. The Kier molecular flexibility index (Phi) is 4.72. The third-order valence-electron chi connectivity index (χ3n) is 6.83. The van der Waals surface area contributed by atoms with Gasteiger partial charge in [0.05, 0.1) is 0 Å². The van der Waals surface area contributed by atoms with Gasteiger partial charge in [-0.05, 0) is 79.5 Å². The molecule has 0 radical (unpaired) electrons. The van der Waals surface area contributed by atoms with Crippen molar-refractivity contribution < 1.29 is 4.79 Å². The topological polar surface area (TPSA) is 23.6 Å². The van der Waals surface area contributed by atoms with E-state index in [0.29, 0.717) is 11.8 Å². The number of carbonyl (C=O) groups excluding carboxylic acids is 1. The van der Waals surface area contributed by atoms with Crippen molar-refractivity contribution in [2.45, 2.75) is 58.2 Å². The molecule has 2 aromatic rings. The Morgan fingerprint density at radius 1 is 0.964 bits per heavy atom. The quantitative estimate of drug-likeness (QED) is 0.762. The van der Waals surface area contributed by atoms with E-state index >= 15 is 0 Å². The molecule has 3 nitrogen and oxygen atoms in total. The van der Waals surface area contributed by atoms with Gasteiger partial charge < -0.3 is 9.80 Å². The van der Waals surface area contributed by atoms with Crippen LogP contribution >= 0.6 is 0 Å². The molecule has 1 unspecified atom stereocenters. The number of fused-ring (bicyclic) bond motifs is 1. The third-order valence-corrected chi connectivity index (χ3v) is 6.83. The van der Waals surface area contributed by atoms with Crippen LogP contribution in [-0.4, -0.2) is 34.8 Å². The zero-order valence-electron chi connectivity index (χ0n) is 16.9. The number of rotatable bonds is 5. The molecule has 0 aromatic heterocycles. The minimum Gasteiger partial charge on any atom is -0.334 e. The van der Waals surface area contributed by atoms with Crippen molar-refractivity contribution >= 4 is 5.91 Å². The predicted molar refractivity (Wildman–Crippen MR) is 113 cm³/mol. The maximum Gasteiger partial charge on any atom is 0.226 e. The molecule has 2 aromatic carbocycles. The number of likely N-dealkylation sites (tertiary alicyclic amines) is 1. The van der Waals surface area contributed by atoms with E-state index in [9.17, 15) is 4.79 Å². The number of amides is 1. The van der Waals surface area contributed by atoms with E-state index in [1.165, 1.54) is 53.7 Å². The van der Waals surface area contributed by atoms with Crippen LogP contribution in [0.25, 0.3) is 11.1 Å². The van der Waals surface area contributed by atoms with Gasteiger partial charge in [-0.2, -0.15) is 0 Å². The summed E-state index contributed by atoms with van der Waals surface area (Å²) in [4.78, 5) is 17.0. The van der Waals surface area contributed by atoms with Gasteiger partial charge in [0.1, 0.15) is 0 Å². The number of hydrogen-bond donors (Lipinski definition) is 0. The molecule has 1 saturated carbocycles. The number of hydrogen-bond acceptors (Lipinski definition) is 2. The number of benzene rings is 2. The monoisotopic (exact) mass is 374 g/mol. The molecule has 28 heavy (non-hydrogen) atoms. The van der Waals surface area contributed by atoms with Crippen molar-refractivity contribution in [3.63, 3.8) is 0 Å². The van der Waals surface area contributed by atoms with Crippen LogP contribution in [0.15, 0.2) is 42.5 Å². The smallest absolute Gasteiger partial charge is 0.226 e. The van der Waals surface area contributed by atoms with E-state index in [0.717, 1.165) is 38.4 Å². The summed E-state index contributed by atoms with van der Waals surface area (Å²) in [6.07, 6.45) is 6.00. The molecule has 0 spiro atoms. The molecule has 2 fully saturated rings. The first-order valence-corrected chi connectivity index (χ1v) is 10.9. The number of nitrogens with zero attached hydrogens (tertiary/aromatic N) is 2. The van der Waals surface area contributed by atoms with Crippen LogP contribution in [0.4, 0.5) is 0 Å². The zero-order valence-corrected chi connectivity index (χ0v) is 16.9. The van der Waals surface area contributed by atoms with Crippen molar-refractivity contribution in [3.8, 4) is 11.1 Å². The Balaban J connectivity index is 1.24. The van der Waals surface area contributed by atoms with Gasteiger partial charge in [-0.3, -0.25) is 4.79 Å². The van der Waals surface area contributed by atoms with Crippen molar-refractivity contribution in [3.05, 3.63) is 59.2 Å². The lowest BCUT2D eigenvalue weighted by molar-refractivity contribution is -0.133. The molecule has 146 valence electrons. The van der Waals surface area contributed by atoms with E-state index < -0.39 is 0 Å². The van der Waals surface area contributed by atoms with E-state index in [4.69, 9.17) is 0 Å². The summed E-state index contributed by atoms with van der Waals surface area (Å²) in [5, 5.41) is 0. The van der Waals surface area contributed by atoms with Crippen LogP contribution in [0.1, 0.15) is 49.3 Å². The van der Waals surface area contributed by atoms with Gasteiger partial charge in [0, 0.05) is 31.6 Å². The Morgan fingerprint density at radius 3 is 2.43 bits per heavy atom. The van der Waals surface area contributed by atoms with Crippen LogP contribution in [0, 0.1) is 5.92 Å².